The maximum Gasteiger partial charge on any atom is 0.124 e. The SMILES string of the molecule is Oc1ccc2ccccc2c1C=Nc1ccccc1N=Nc1ccc(Cl)cc1. The Morgan fingerprint density at radius 3 is 2.25 bits per heavy atom. The van der Waals surface area contributed by atoms with Gasteiger partial charge in [0.15, 0.2) is 0 Å². The Bertz CT molecular complexity index is 1180. The Hall–Kier alpha value is -3.50. The third kappa shape index (κ3) is 3.92. The van der Waals surface area contributed by atoms with Crippen LogP contribution in [0.1, 0.15) is 5.56 Å². The Morgan fingerprint density at radius 1 is 0.714 bits per heavy atom. The molecule has 5 heteroatoms. The molecule has 0 aliphatic carbocycles. The van der Waals surface area contributed by atoms with Crippen LogP contribution in [0.2, 0.25) is 5.02 Å². The average Bonchev–Trinajstić information content (AvgIpc) is 2.73. The number of fused-ring (bicyclic) bond motifs is 1. The van der Waals surface area contributed by atoms with Gasteiger partial charge in [0.05, 0.1) is 11.4 Å². The molecule has 1 N–H and O–H groups in total. The molecule has 0 saturated carbocycles. The molecule has 0 spiro atoms. The van der Waals surface area contributed by atoms with Gasteiger partial charge in [0.1, 0.15) is 11.4 Å². The summed E-state index contributed by atoms with van der Waals surface area (Å²) in [5.74, 6) is 0.183. The number of aromatic hydroxyl groups is 1. The molecule has 0 amide bonds. The number of aliphatic imine (C=N–C) groups is 1. The summed E-state index contributed by atoms with van der Waals surface area (Å²) in [7, 11) is 0. The fourth-order valence-corrected chi connectivity index (χ4v) is 2.96. The quantitative estimate of drug-likeness (QED) is 0.289. The Labute approximate surface area is 167 Å². The fraction of sp³-hybridized carbons (Fsp3) is 0. The number of hydrogen-bond donors (Lipinski definition) is 1. The number of hydrogen-bond acceptors (Lipinski definition) is 4. The van der Waals surface area contributed by atoms with Crippen LogP contribution in [0, 0.1) is 0 Å². The summed E-state index contributed by atoms with van der Waals surface area (Å²) >= 11 is 5.90. The van der Waals surface area contributed by atoms with Crippen molar-refractivity contribution in [3.05, 3.63) is 95.5 Å². The van der Waals surface area contributed by atoms with Gasteiger partial charge in [0.2, 0.25) is 0 Å². The van der Waals surface area contributed by atoms with Gasteiger partial charge in [-0.25, -0.2) is 0 Å². The molecule has 0 bridgehead atoms. The van der Waals surface area contributed by atoms with Crippen molar-refractivity contribution in [3.63, 3.8) is 0 Å². The van der Waals surface area contributed by atoms with E-state index in [4.69, 9.17) is 11.6 Å². The molecule has 0 aromatic heterocycles. The van der Waals surface area contributed by atoms with Gasteiger partial charge in [-0.3, -0.25) is 4.99 Å². The van der Waals surface area contributed by atoms with Gasteiger partial charge in [0.25, 0.3) is 0 Å². The van der Waals surface area contributed by atoms with Gasteiger partial charge >= 0.3 is 0 Å². The highest BCUT2D eigenvalue weighted by molar-refractivity contribution is 6.30. The van der Waals surface area contributed by atoms with E-state index >= 15 is 0 Å². The van der Waals surface area contributed by atoms with E-state index < -0.39 is 0 Å². The van der Waals surface area contributed by atoms with Crippen LogP contribution in [0.4, 0.5) is 17.1 Å². The molecule has 0 saturated heterocycles. The van der Waals surface area contributed by atoms with E-state index in [0.29, 0.717) is 27.6 Å². The highest BCUT2D eigenvalue weighted by Gasteiger charge is 2.05. The van der Waals surface area contributed by atoms with Crippen molar-refractivity contribution in [3.8, 4) is 5.75 Å². The molecule has 4 nitrogen and oxygen atoms in total. The largest absolute Gasteiger partial charge is 0.507 e. The third-order valence-corrected chi connectivity index (χ3v) is 4.51. The first kappa shape index (κ1) is 17.9. The lowest BCUT2D eigenvalue weighted by Gasteiger charge is -2.05. The molecule has 28 heavy (non-hydrogen) atoms. The first-order valence-electron chi connectivity index (χ1n) is 8.72. The predicted octanol–water partition coefficient (Wildman–Crippen LogP) is 7.36. The monoisotopic (exact) mass is 385 g/mol. The summed E-state index contributed by atoms with van der Waals surface area (Å²) in [6.45, 7) is 0. The Morgan fingerprint density at radius 2 is 1.43 bits per heavy atom. The molecular weight excluding hydrogens is 370 g/mol. The van der Waals surface area contributed by atoms with Crippen LogP contribution in [0.3, 0.4) is 0 Å². The molecule has 4 rings (SSSR count). The molecule has 0 radical (unpaired) electrons. The van der Waals surface area contributed by atoms with Crippen molar-refractivity contribution in [2.45, 2.75) is 0 Å². The first-order valence-corrected chi connectivity index (χ1v) is 9.09. The van der Waals surface area contributed by atoms with Gasteiger partial charge in [-0.15, -0.1) is 5.11 Å². The predicted molar refractivity (Wildman–Crippen MR) is 115 cm³/mol. The van der Waals surface area contributed by atoms with Crippen molar-refractivity contribution in [1.82, 2.24) is 0 Å². The second-order valence-electron chi connectivity index (χ2n) is 6.14. The number of nitrogens with zero attached hydrogens (tertiary/aromatic N) is 3. The zero-order valence-corrected chi connectivity index (χ0v) is 15.6. The standard InChI is InChI=1S/C23H16ClN3O/c24-17-10-12-18(13-11-17)26-27-22-8-4-3-7-21(22)25-15-20-19-6-2-1-5-16(19)9-14-23(20)28/h1-15,28H. The second kappa shape index (κ2) is 8.03. The highest BCUT2D eigenvalue weighted by Crippen LogP contribution is 2.31. The molecule has 0 fully saturated rings. The summed E-state index contributed by atoms with van der Waals surface area (Å²) in [5.41, 5.74) is 2.67. The molecule has 0 unspecified atom stereocenters. The number of phenolic OH excluding ortho intramolecular Hbond substituents is 1. The lowest BCUT2D eigenvalue weighted by Crippen LogP contribution is -1.85. The lowest BCUT2D eigenvalue weighted by atomic mass is 10.0. The number of benzene rings is 4. The molecular formula is C23H16ClN3O. The lowest BCUT2D eigenvalue weighted by molar-refractivity contribution is 0.475. The van der Waals surface area contributed by atoms with Crippen LogP contribution in [0.5, 0.6) is 5.75 Å². The van der Waals surface area contributed by atoms with Crippen molar-refractivity contribution in [1.29, 1.82) is 0 Å². The molecule has 4 aromatic carbocycles. The van der Waals surface area contributed by atoms with E-state index in [1.165, 1.54) is 0 Å². The number of para-hydroxylation sites is 1. The molecule has 4 aromatic rings. The van der Waals surface area contributed by atoms with E-state index in [1.807, 2.05) is 54.6 Å². The second-order valence-corrected chi connectivity index (χ2v) is 6.58. The molecule has 136 valence electrons. The average molecular weight is 386 g/mol. The summed E-state index contributed by atoms with van der Waals surface area (Å²) in [4.78, 5) is 4.55. The smallest absolute Gasteiger partial charge is 0.124 e. The van der Waals surface area contributed by atoms with E-state index in [2.05, 4.69) is 15.2 Å². The first-order chi connectivity index (χ1) is 13.7. The minimum absolute atomic E-state index is 0.183. The molecule has 0 aliphatic rings. The summed E-state index contributed by atoms with van der Waals surface area (Å²) in [6, 6.07) is 26.0. The van der Waals surface area contributed by atoms with E-state index in [1.54, 1.807) is 36.5 Å². The van der Waals surface area contributed by atoms with Gasteiger partial charge < -0.3 is 5.11 Å². The van der Waals surface area contributed by atoms with Gasteiger partial charge in [-0.2, -0.15) is 5.11 Å². The van der Waals surface area contributed by atoms with Gasteiger partial charge in [-0.05, 0) is 53.2 Å². The van der Waals surface area contributed by atoms with E-state index in [-0.39, 0.29) is 5.75 Å². The highest BCUT2D eigenvalue weighted by atomic mass is 35.5. The summed E-state index contributed by atoms with van der Waals surface area (Å²) in [5, 5.41) is 21.5. The van der Waals surface area contributed by atoms with Crippen molar-refractivity contribution >= 4 is 45.7 Å². The van der Waals surface area contributed by atoms with Crippen LogP contribution in [-0.4, -0.2) is 11.3 Å². The molecule has 0 aliphatic heterocycles. The normalized spacial score (nSPS) is 11.6. The summed E-state index contributed by atoms with van der Waals surface area (Å²) in [6.07, 6.45) is 1.66. The van der Waals surface area contributed by atoms with Crippen LogP contribution >= 0.6 is 11.6 Å². The van der Waals surface area contributed by atoms with Crippen molar-refractivity contribution in [2.24, 2.45) is 15.2 Å². The van der Waals surface area contributed by atoms with E-state index in [0.717, 1.165) is 10.8 Å². The summed E-state index contributed by atoms with van der Waals surface area (Å²) < 4.78 is 0. The topological polar surface area (TPSA) is 57.3 Å². The maximum atomic E-state index is 10.3. The van der Waals surface area contributed by atoms with Crippen molar-refractivity contribution < 1.29 is 5.11 Å². The zero-order valence-electron chi connectivity index (χ0n) is 14.8. The third-order valence-electron chi connectivity index (χ3n) is 4.26. The van der Waals surface area contributed by atoms with Crippen molar-refractivity contribution in [2.75, 3.05) is 0 Å². The van der Waals surface area contributed by atoms with Gasteiger partial charge in [0, 0.05) is 16.8 Å². The van der Waals surface area contributed by atoms with Crippen LogP contribution < -0.4 is 0 Å². The zero-order chi connectivity index (χ0) is 19.3. The number of rotatable bonds is 4. The minimum Gasteiger partial charge on any atom is -0.507 e. The minimum atomic E-state index is 0.183. The number of halogens is 1. The van der Waals surface area contributed by atoms with Crippen LogP contribution in [0.25, 0.3) is 10.8 Å². The number of azo groups is 1. The maximum absolute atomic E-state index is 10.3. The molecule has 0 heterocycles. The van der Waals surface area contributed by atoms with Gasteiger partial charge in [-0.1, -0.05) is 54.1 Å². The Balaban J connectivity index is 1.68. The van der Waals surface area contributed by atoms with E-state index in [9.17, 15) is 5.11 Å². The number of phenols is 1. The molecule has 0 atom stereocenters. The Kier molecular flexibility index (Phi) is 5.13. The van der Waals surface area contributed by atoms with Crippen LogP contribution in [-0.2, 0) is 0 Å². The van der Waals surface area contributed by atoms with Crippen LogP contribution in [0.15, 0.2) is 100 Å². The fourth-order valence-electron chi connectivity index (χ4n) is 2.83.